The molecule has 0 atom stereocenters. The SMILES string of the molecule is C=C(Cl)c1c(OC)cccc1OC. The van der Waals surface area contributed by atoms with Crippen molar-refractivity contribution in [1.82, 2.24) is 0 Å². The molecule has 1 aromatic rings. The van der Waals surface area contributed by atoms with Gasteiger partial charge in [0, 0.05) is 5.03 Å². The quantitative estimate of drug-likeness (QED) is 0.744. The van der Waals surface area contributed by atoms with Crippen molar-refractivity contribution in [2.75, 3.05) is 14.2 Å². The van der Waals surface area contributed by atoms with Crippen LogP contribution in [0.3, 0.4) is 0 Å². The van der Waals surface area contributed by atoms with Gasteiger partial charge in [-0.1, -0.05) is 24.2 Å². The predicted molar refractivity (Wildman–Crippen MR) is 54.4 cm³/mol. The summed E-state index contributed by atoms with van der Waals surface area (Å²) < 4.78 is 10.2. The van der Waals surface area contributed by atoms with E-state index in [9.17, 15) is 0 Å². The molecular weight excluding hydrogens is 188 g/mol. The maximum absolute atomic E-state index is 5.82. The van der Waals surface area contributed by atoms with Crippen molar-refractivity contribution in [3.63, 3.8) is 0 Å². The van der Waals surface area contributed by atoms with Crippen molar-refractivity contribution in [2.45, 2.75) is 0 Å². The second-order valence-electron chi connectivity index (χ2n) is 2.44. The van der Waals surface area contributed by atoms with Crippen LogP contribution in [0.5, 0.6) is 11.5 Å². The van der Waals surface area contributed by atoms with E-state index < -0.39 is 0 Å². The Morgan fingerprint density at radius 3 is 2.00 bits per heavy atom. The van der Waals surface area contributed by atoms with E-state index in [4.69, 9.17) is 21.1 Å². The van der Waals surface area contributed by atoms with E-state index in [1.165, 1.54) is 0 Å². The molecule has 0 amide bonds. The Hall–Kier alpha value is -1.15. The third-order valence-corrected chi connectivity index (χ3v) is 1.89. The summed E-state index contributed by atoms with van der Waals surface area (Å²) in [5, 5.41) is 0.411. The molecule has 0 aromatic heterocycles. The van der Waals surface area contributed by atoms with Crippen molar-refractivity contribution >= 4 is 16.6 Å². The zero-order valence-electron chi connectivity index (χ0n) is 7.63. The molecule has 1 rings (SSSR count). The van der Waals surface area contributed by atoms with Gasteiger partial charge >= 0.3 is 0 Å². The molecule has 0 bridgehead atoms. The van der Waals surface area contributed by atoms with Crippen molar-refractivity contribution in [3.05, 3.63) is 30.3 Å². The molecule has 13 heavy (non-hydrogen) atoms. The highest BCUT2D eigenvalue weighted by Gasteiger charge is 2.10. The Balaban J connectivity index is 3.29. The normalized spacial score (nSPS) is 9.46. The lowest BCUT2D eigenvalue weighted by Gasteiger charge is -2.10. The molecule has 0 saturated heterocycles. The lowest BCUT2D eigenvalue weighted by molar-refractivity contribution is 0.392. The fourth-order valence-electron chi connectivity index (χ4n) is 1.12. The van der Waals surface area contributed by atoms with Crippen LogP contribution in [-0.2, 0) is 0 Å². The van der Waals surface area contributed by atoms with Gasteiger partial charge in [-0.3, -0.25) is 0 Å². The Morgan fingerprint density at radius 1 is 1.23 bits per heavy atom. The Morgan fingerprint density at radius 2 is 1.69 bits per heavy atom. The van der Waals surface area contributed by atoms with E-state index in [2.05, 4.69) is 6.58 Å². The van der Waals surface area contributed by atoms with Crippen LogP contribution < -0.4 is 9.47 Å². The molecule has 70 valence electrons. The van der Waals surface area contributed by atoms with Gasteiger partial charge in [-0.15, -0.1) is 0 Å². The van der Waals surface area contributed by atoms with Crippen molar-refractivity contribution in [3.8, 4) is 11.5 Å². The first kappa shape index (κ1) is 9.93. The second-order valence-corrected chi connectivity index (χ2v) is 2.90. The monoisotopic (exact) mass is 198 g/mol. The molecule has 0 fully saturated rings. The van der Waals surface area contributed by atoms with E-state index in [1.54, 1.807) is 14.2 Å². The van der Waals surface area contributed by atoms with Crippen LogP contribution in [-0.4, -0.2) is 14.2 Å². The van der Waals surface area contributed by atoms with E-state index in [1.807, 2.05) is 18.2 Å². The molecule has 0 aliphatic rings. The first-order chi connectivity index (χ1) is 6.20. The van der Waals surface area contributed by atoms with Gasteiger partial charge in [-0.05, 0) is 12.1 Å². The van der Waals surface area contributed by atoms with E-state index in [-0.39, 0.29) is 0 Å². The number of halogens is 1. The average Bonchev–Trinajstić information content (AvgIpc) is 2.16. The molecular formula is C10H11ClO2. The third-order valence-electron chi connectivity index (χ3n) is 1.70. The van der Waals surface area contributed by atoms with Gasteiger partial charge < -0.3 is 9.47 Å². The van der Waals surface area contributed by atoms with Crippen LogP contribution in [0.25, 0.3) is 5.03 Å². The minimum atomic E-state index is 0.411. The van der Waals surface area contributed by atoms with Crippen molar-refractivity contribution < 1.29 is 9.47 Å². The summed E-state index contributed by atoms with van der Waals surface area (Å²) in [4.78, 5) is 0. The highest BCUT2D eigenvalue weighted by Crippen LogP contribution is 2.35. The molecule has 0 spiro atoms. The zero-order chi connectivity index (χ0) is 9.84. The topological polar surface area (TPSA) is 18.5 Å². The summed E-state index contributed by atoms with van der Waals surface area (Å²) in [5.41, 5.74) is 0.703. The summed E-state index contributed by atoms with van der Waals surface area (Å²) in [6.07, 6.45) is 0. The summed E-state index contributed by atoms with van der Waals surface area (Å²) in [7, 11) is 3.16. The van der Waals surface area contributed by atoms with Gasteiger partial charge in [0.1, 0.15) is 11.5 Å². The summed E-state index contributed by atoms with van der Waals surface area (Å²) in [6, 6.07) is 5.46. The lowest BCUT2D eigenvalue weighted by atomic mass is 10.1. The first-order valence-electron chi connectivity index (χ1n) is 3.76. The molecule has 0 heterocycles. The van der Waals surface area contributed by atoms with Gasteiger partial charge in [0.15, 0.2) is 0 Å². The number of hydrogen-bond donors (Lipinski definition) is 0. The maximum Gasteiger partial charge on any atom is 0.131 e. The highest BCUT2D eigenvalue weighted by atomic mass is 35.5. The molecule has 0 saturated carbocycles. The Labute approximate surface area is 82.7 Å². The summed E-state index contributed by atoms with van der Waals surface area (Å²) in [5.74, 6) is 1.33. The molecule has 0 aliphatic carbocycles. The van der Waals surface area contributed by atoms with Gasteiger partial charge in [0.25, 0.3) is 0 Å². The van der Waals surface area contributed by atoms with Crippen LogP contribution in [0.2, 0.25) is 0 Å². The van der Waals surface area contributed by atoms with Crippen LogP contribution in [0.4, 0.5) is 0 Å². The van der Waals surface area contributed by atoms with Gasteiger partial charge in [-0.2, -0.15) is 0 Å². The van der Waals surface area contributed by atoms with Gasteiger partial charge in [-0.25, -0.2) is 0 Å². The Kier molecular flexibility index (Phi) is 3.20. The molecule has 2 nitrogen and oxygen atoms in total. The largest absolute Gasteiger partial charge is 0.496 e. The van der Waals surface area contributed by atoms with Crippen LogP contribution in [0, 0.1) is 0 Å². The summed E-state index contributed by atoms with van der Waals surface area (Å²) >= 11 is 5.82. The molecule has 0 unspecified atom stereocenters. The Bertz CT molecular complexity index is 298. The van der Waals surface area contributed by atoms with E-state index in [0.29, 0.717) is 22.1 Å². The van der Waals surface area contributed by atoms with E-state index in [0.717, 1.165) is 0 Å². The number of hydrogen-bond acceptors (Lipinski definition) is 2. The van der Waals surface area contributed by atoms with Crippen LogP contribution in [0.1, 0.15) is 5.56 Å². The number of methoxy groups -OCH3 is 2. The maximum atomic E-state index is 5.82. The molecule has 0 aliphatic heterocycles. The number of benzene rings is 1. The van der Waals surface area contributed by atoms with Gasteiger partial charge in [0.2, 0.25) is 0 Å². The van der Waals surface area contributed by atoms with Gasteiger partial charge in [0.05, 0.1) is 19.8 Å². The summed E-state index contributed by atoms with van der Waals surface area (Å²) in [6.45, 7) is 3.65. The first-order valence-corrected chi connectivity index (χ1v) is 4.14. The number of ether oxygens (including phenoxy) is 2. The lowest BCUT2D eigenvalue weighted by Crippen LogP contribution is -1.93. The van der Waals surface area contributed by atoms with Crippen LogP contribution in [0.15, 0.2) is 24.8 Å². The molecule has 1 aromatic carbocycles. The number of rotatable bonds is 3. The average molecular weight is 199 g/mol. The fourth-order valence-corrected chi connectivity index (χ4v) is 1.30. The van der Waals surface area contributed by atoms with Crippen molar-refractivity contribution in [2.24, 2.45) is 0 Å². The minimum Gasteiger partial charge on any atom is -0.496 e. The zero-order valence-corrected chi connectivity index (χ0v) is 8.39. The molecule has 0 radical (unpaired) electrons. The van der Waals surface area contributed by atoms with Crippen LogP contribution >= 0.6 is 11.6 Å². The molecule has 0 N–H and O–H groups in total. The predicted octanol–water partition coefficient (Wildman–Crippen LogP) is 2.91. The highest BCUT2D eigenvalue weighted by molar-refractivity contribution is 6.48. The van der Waals surface area contributed by atoms with E-state index >= 15 is 0 Å². The third kappa shape index (κ3) is 1.95. The smallest absolute Gasteiger partial charge is 0.131 e. The van der Waals surface area contributed by atoms with Crippen molar-refractivity contribution in [1.29, 1.82) is 0 Å². The molecule has 3 heteroatoms. The fraction of sp³-hybridized carbons (Fsp3) is 0.200. The minimum absolute atomic E-state index is 0.411. The second kappa shape index (κ2) is 4.19. The standard InChI is InChI=1S/C10H11ClO2/c1-7(11)10-8(12-2)5-4-6-9(10)13-3/h4-6H,1H2,2-3H3.